The maximum absolute atomic E-state index is 12.7. The highest BCUT2D eigenvalue weighted by atomic mass is 32.1. The van der Waals surface area contributed by atoms with E-state index in [1.54, 1.807) is 0 Å². The second kappa shape index (κ2) is 5.77. The summed E-state index contributed by atoms with van der Waals surface area (Å²) in [7, 11) is 0. The molecular weight excluding hydrogens is 315 g/mol. The smallest absolute Gasteiger partial charge is 0.298 e. The van der Waals surface area contributed by atoms with E-state index in [0.29, 0.717) is 10.2 Å². The summed E-state index contributed by atoms with van der Waals surface area (Å²) >= 11 is 1.38. The Morgan fingerprint density at radius 2 is 1.91 bits per heavy atom. The molecule has 0 fully saturated rings. The first-order chi connectivity index (χ1) is 10.9. The molecule has 23 heavy (non-hydrogen) atoms. The van der Waals surface area contributed by atoms with Gasteiger partial charge in [-0.2, -0.15) is 0 Å². The average Bonchev–Trinajstić information content (AvgIpc) is 2.82. The number of halogens is 1. The topological polar surface area (TPSA) is 54.9 Å². The molecule has 0 saturated carbocycles. The number of aromatic nitrogens is 2. The van der Waals surface area contributed by atoms with E-state index in [9.17, 15) is 14.0 Å². The molecule has 0 amide bonds. The first-order valence-electron chi connectivity index (χ1n) is 7.34. The van der Waals surface area contributed by atoms with Gasteiger partial charge in [-0.1, -0.05) is 18.2 Å². The summed E-state index contributed by atoms with van der Waals surface area (Å²) in [6.07, 6.45) is 0. The molecule has 0 atom stereocenters. The largest absolute Gasteiger partial charge is 0.329 e. The van der Waals surface area contributed by atoms with Gasteiger partial charge in [0.1, 0.15) is 11.5 Å². The highest BCUT2D eigenvalue weighted by Gasteiger charge is 2.18. The summed E-state index contributed by atoms with van der Waals surface area (Å²) in [4.78, 5) is 28.8. The normalized spacial score (nSPS) is 11.3. The van der Waals surface area contributed by atoms with Crippen molar-refractivity contribution >= 4 is 21.6 Å². The molecular formula is C17H17FN2O2S. The molecule has 1 aromatic carbocycles. The molecule has 2 heterocycles. The number of benzene rings is 1. The Balaban J connectivity index is 2.39. The SMILES string of the molecule is Cc1ccc(-c2c(C)sc3[nH]c(=O)n(CCF)c(=O)c23)cc1C. The Bertz CT molecular complexity index is 1010. The lowest BCUT2D eigenvalue weighted by molar-refractivity contribution is 0.434. The third kappa shape index (κ3) is 2.53. The minimum Gasteiger partial charge on any atom is -0.298 e. The van der Waals surface area contributed by atoms with Gasteiger partial charge in [-0.25, -0.2) is 9.18 Å². The summed E-state index contributed by atoms with van der Waals surface area (Å²) in [6, 6.07) is 6.02. The standard InChI is InChI=1S/C17H17FN2O2S/c1-9-4-5-12(8-10(9)2)13-11(3)23-15-14(13)16(21)20(7-6-18)17(22)19-15/h4-5,8H,6-7H2,1-3H3,(H,19,22). The van der Waals surface area contributed by atoms with Crippen molar-refractivity contribution in [2.24, 2.45) is 0 Å². The zero-order valence-corrected chi connectivity index (χ0v) is 14.0. The number of H-pyrrole nitrogens is 1. The number of nitrogens with one attached hydrogen (secondary N) is 1. The number of thiophene rings is 1. The second-order valence-electron chi connectivity index (χ2n) is 5.61. The van der Waals surface area contributed by atoms with Crippen LogP contribution in [0.3, 0.4) is 0 Å². The van der Waals surface area contributed by atoms with Crippen LogP contribution in [0, 0.1) is 20.8 Å². The zero-order valence-electron chi connectivity index (χ0n) is 13.2. The van der Waals surface area contributed by atoms with Crippen molar-refractivity contribution in [1.82, 2.24) is 9.55 Å². The number of hydrogen-bond donors (Lipinski definition) is 1. The van der Waals surface area contributed by atoms with Crippen molar-refractivity contribution in [3.05, 3.63) is 55.0 Å². The highest BCUT2D eigenvalue weighted by Crippen LogP contribution is 2.35. The molecule has 0 radical (unpaired) electrons. The lowest BCUT2D eigenvalue weighted by atomic mass is 9.99. The predicted octanol–water partition coefficient (Wildman–Crippen LogP) is 3.31. The molecule has 2 aromatic heterocycles. The maximum atomic E-state index is 12.7. The molecule has 1 N–H and O–H groups in total. The third-order valence-corrected chi connectivity index (χ3v) is 5.13. The fraction of sp³-hybridized carbons (Fsp3) is 0.294. The number of hydrogen-bond acceptors (Lipinski definition) is 3. The quantitative estimate of drug-likeness (QED) is 0.800. The van der Waals surface area contributed by atoms with Gasteiger partial charge in [0.25, 0.3) is 5.56 Å². The van der Waals surface area contributed by atoms with Crippen LogP contribution in [0.4, 0.5) is 4.39 Å². The second-order valence-corrected chi connectivity index (χ2v) is 6.84. The molecule has 6 heteroatoms. The first kappa shape index (κ1) is 15.7. The Hall–Kier alpha value is -2.21. The summed E-state index contributed by atoms with van der Waals surface area (Å²) in [5, 5.41) is 0.462. The molecule has 0 aliphatic heterocycles. The minimum absolute atomic E-state index is 0.231. The van der Waals surface area contributed by atoms with Crippen LogP contribution in [0.15, 0.2) is 27.8 Å². The van der Waals surface area contributed by atoms with Crippen molar-refractivity contribution < 1.29 is 4.39 Å². The van der Waals surface area contributed by atoms with Crippen LogP contribution >= 0.6 is 11.3 Å². The summed E-state index contributed by atoms with van der Waals surface area (Å²) in [5.74, 6) is 0. The third-order valence-electron chi connectivity index (χ3n) is 4.11. The van der Waals surface area contributed by atoms with Gasteiger partial charge < -0.3 is 0 Å². The summed E-state index contributed by atoms with van der Waals surface area (Å²) in [6.45, 7) is 4.99. The number of fused-ring (bicyclic) bond motifs is 1. The van der Waals surface area contributed by atoms with E-state index in [4.69, 9.17) is 0 Å². The molecule has 0 spiro atoms. The van der Waals surface area contributed by atoms with Gasteiger partial charge in [0.2, 0.25) is 0 Å². The van der Waals surface area contributed by atoms with Crippen LogP contribution in [-0.4, -0.2) is 16.2 Å². The van der Waals surface area contributed by atoms with E-state index in [-0.39, 0.29) is 6.54 Å². The number of nitrogens with zero attached hydrogens (tertiary/aromatic N) is 1. The average molecular weight is 332 g/mol. The molecule has 0 saturated heterocycles. The van der Waals surface area contributed by atoms with Crippen molar-refractivity contribution in [2.45, 2.75) is 27.3 Å². The molecule has 120 valence electrons. The summed E-state index contributed by atoms with van der Waals surface area (Å²) < 4.78 is 13.6. The van der Waals surface area contributed by atoms with E-state index in [0.717, 1.165) is 26.1 Å². The number of alkyl halides is 1. The zero-order chi connectivity index (χ0) is 16.7. The van der Waals surface area contributed by atoms with E-state index < -0.39 is 17.9 Å². The molecule has 0 unspecified atom stereocenters. The Morgan fingerprint density at radius 3 is 2.57 bits per heavy atom. The van der Waals surface area contributed by atoms with Crippen LogP contribution in [0.5, 0.6) is 0 Å². The number of aromatic amines is 1. The molecule has 0 aliphatic rings. The van der Waals surface area contributed by atoms with E-state index in [1.165, 1.54) is 16.9 Å². The monoisotopic (exact) mass is 332 g/mol. The molecule has 3 aromatic rings. The van der Waals surface area contributed by atoms with E-state index >= 15 is 0 Å². The van der Waals surface area contributed by atoms with Crippen molar-refractivity contribution in [3.63, 3.8) is 0 Å². The Kier molecular flexibility index (Phi) is 3.93. The van der Waals surface area contributed by atoms with Gasteiger partial charge in [-0.3, -0.25) is 14.3 Å². The lowest BCUT2D eigenvalue weighted by Crippen LogP contribution is -2.35. The van der Waals surface area contributed by atoms with Gasteiger partial charge in [-0.05, 0) is 37.5 Å². The van der Waals surface area contributed by atoms with Gasteiger partial charge in [-0.15, -0.1) is 11.3 Å². The minimum atomic E-state index is -0.753. The number of aryl methyl sites for hydroxylation is 3. The van der Waals surface area contributed by atoms with Crippen LogP contribution in [-0.2, 0) is 6.54 Å². The molecule has 0 bridgehead atoms. The highest BCUT2D eigenvalue weighted by molar-refractivity contribution is 7.19. The van der Waals surface area contributed by atoms with E-state index in [2.05, 4.69) is 4.98 Å². The summed E-state index contributed by atoms with van der Waals surface area (Å²) in [5.41, 5.74) is 3.07. The molecule has 4 nitrogen and oxygen atoms in total. The number of rotatable bonds is 3. The van der Waals surface area contributed by atoms with Crippen molar-refractivity contribution in [2.75, 3.05) is 6.67 Å². The predicted molar refractivity (Wildman–Crippen MR) is 92.3 cm³/mol. The van der Waals surface area contributed by atoms with E-state index in [1.807, 2.05) is 39.0 Å². The lowest BCUT2D eigenvalue weighted by Gasteiger charge is -2.07. The van der Waals surface area contributed by atoms with Crippen LogP contribution < -0.4 is 11.2 Å². The van der Waals surface area contributed by atoms with Crippen molar-refractivity contribution in [3.8, 4) is 11.1 Å². The van der Waals surface area contributed by atoms with Crippen LogP contribution in [0.1, 0.15) is 16.0 Å². The maximum Gasteiger partial charge on any atom is 0.329 e. The van der Waals surface area contributed by atoms with Gasteiger partial charge >= 0.3 is 5.69 Å². The Morgan fingerprint density at radius 1 is 1.17 bits per heavy atom. The molecule has 3 rings (SSSR count). The van der Waals surface area contributed by atoms with Crippen LogP contribution in [0.25, 0.3) is 21.3 Å². The van der Waals surface area contributed by atoms with Crippen molar-refractivity contribution in [1.29, 1.82) is 0 Å². The molecule has 0 aliphatic carbocycles. The first-order valence-corrected chi connectivity index (χ1v) is 8.15. The van der Waals surface area contributed by atoms with Gasteiger partial charge in [0, 0.05) is 10.4 Å². The van der Waals surface area contributed by atoms with Crippen LogP contribution in [0.2, 0.25) is 0 Å². The Labute approximate surface area is 136 Å². The fourth-order valence-electron chi connectivity index (χ4n) is 2.76. The fourth-order valence-corrected chi connectivity index (χ4v) is 3.82. The van der Waals surface area contributed by atoms with Gasteiger partial charge in [0.15, 0.2) is 0 Å². The van der Waals surface area contributed by atoms with Gasteiger partial charge in [0.05, 0.1) is 11.9 Å².